The van der Waals surface area contributed by atoms with Crippen molar-refractivity contribution in [3.05, 3.63) is 94.3 Å². The lowest BCUT2D eigenvalue weighted by molar-refractivity contribution is -0.135. The molecule has 0 saturated carbocycles. The van der Waals surface area contributed by atoms with E-state index in [1.807, 2.05) is 78.9 Å². The number of rotatable bonds is 4. The maximum absolute atomic E-state index is 12.2. The molecule has 154 valence electrons. The lowest BCUT2D eigenvalue weighted by Crippen LogP contribution is -2.25. The SMILES string of the molecule is CC(=O)N1N=C(c2sc3ccc(Oc4ccccc4)cc3c2Cl)OC1c1ccccc1. The largest absolute Gasteiger partial charge is 0.457 e. The number of thiophene rings is 1. The van der Waals surface area contributed by atoms with E-state index in [0.717, 1.165) is 21.4 Å². The number of nitrogens with zero attached hydrogens (tertiary/aromatic N) is 2. The van der Waals surface area contributed by atoms with Gasteiger partial charge in [0.1, 0.15) is 16.4 Å². The van der Waals surface area contributed by atoms with Crippen LogP contribution >= 0.6 is 22.9 Å². The van der Waals surface area contributed by atoms with Gasteiger partial charge in [0.05, 0.1) is 5.02 Å². The van der Waals surface area contributed by atoms with Crippen LogP contribution in [-0.2, 0) is 9.53 Å². The second kappa shape index (κ2) is 8.06. The molecule has 1 amide bonds. The maximum Gasteiger partial charge on any atom is 0.252 e. The number of ether oxygens (including phenoxy) is 2. The molecular formula is C24H17ClN2O3S. The van der Waals surface area contributed by atoms with Crippen molar-refractivity contribution in [3.63, 3.8) is 0 Å². The zero-order valence-electron chi connectivity index (χ0n) is 16.5. The van der Waals surface area contributed by atoms with E-state index >= 15 is 0 Å². The first-order chi connectivity index (χ1) is 15.1. The number of carbonyl (C=O) groups excluding carboxylic acids is 1. The molecule has 7 heteroatoms. The van der Waals surface area contributed by atoms with E-state index in [-0.39, 0.29) is 5.91 Å². The fourth-order valence-electron chi connectivity index (χ4n) is 3.36. The van der Waals surface area contributed by atoms with Crippen LogP contribution in [0.3, 0.4) is 0 Å². The van der Waals surface area contributed by atoms with Crippen LogP contribution in [-0.4, -0.2) is 16.8 Å². The molecule has 0 saturated heterocycles. The standard InChI is InChI=1S/C24H17ClN2O3S/c1-15(28)27-24(16-8-4-2-5-9-16)30-23(26-27)22-21(25)19-14-18(12-13-20(19)31-22)29-17-10-6-3-7-11-17/h2-14,24H,1H3. The maximum atomic E-state index is 12.2. The van der Waals surface area contributed by atoms with E-state index < -0.39 is 6.23 Å². The highest BCUT2D eigenvalue weighted by Gasteiger charge is 2.34. The number of benzene rings is 3. The topological polar surface area (TPSA) is 51.1 Å². The fraction of sp³-hybridized carbons (Fsp3) is 0.0833. The molecule has 0 spiro atoms. The Balaban J connectivity index is 1.49. The van der Waals surface area contributed by atoms with Crippen molar-refractivity contribution >= 4 is 44.8 Å². The lowest BCUT2D eigenvalue weighted by atomic mass is 10.2. The number of carbonyl (C=O) groups is 1. The first-order valence-corrected chi connectivity index (χ1v) is 10.8. The number of amides is 1. The molecule has 4 aromatic rings. The summed E-state index contributed by atoms with van der Waals surface area (Å²) < 4.78 is 13.0. The summed E-state index contributed by atoms with van der Waals surface area (Å²) in [5, 5.41) is 7.15. The number of para-hydroxylation sites is 1. The molecule has 0 fully saturated rings. The van der Waals surface area contributed by atoms with Crippen molar-refractivity contribution in [2.75, 3.05) is 0 Å². The lowest BCUT2D eigenvalue weighted by Gasteiger charge is -2.18. The Kier molecular flexibility index (Phi) is 5.10. The molecule has 1 aliphatic rings. The molecule has 1 aromatic heterocycles. The first-order valence-electron chi connectivity index (χ1n) is 9.65. The molecule has 5 rings (SSSR count). The van der Waals surface area contributed by atoms with Gasteiger partial charge in [0.25, 0.3) is 5.90 Å². The average molecular weight is 449 g/mol. The average Bonchev–Trinajstić information content (AvgIpc) is 3.37. The van der Waals surface area contributed by atoms with E-state index in [4.69, 9.17) is 21.1 Å². The molecule has 0 bridgehead atoms. The predicted molar refractivity (Wildman–Crippen MR) is 123 cm³/mol. The highest BCUT2D eigenvalue weighted by molar-refractivity contribution is 7.21. The molecule has 1 atom stereocenters. The molecule has 2 heterocycles. The minimum atomic E-state index is -0.619. The van der Waals surface area contributed by atoms with Crippen molar-refractivity contribution in [2.45, 2.75) is 13.2 Å². The molecule has 3 aromatic carbocycles. The van der Waals surface area contributed by atoms with Gasteiger partial charge in [-0.15, -0.1) is 16.4 Å². The summed E-state index contributed by atoms with van der Waals surface area (Å²) in [6.07, 6.45) is -0.619. The third-order valence-corrected chi connectivity index (χ3v) is 6.49. The van der Waals surface area contributed by atoms with Crippen LogP contribution < -0.4 is 4.74 Å². The number of hydrogen-bond donors (Lipinski definition) is 0. The van der Waals surface area contributed by atoms with Crippen LogP contribution in [0.1, 0.15) is 23.6 Å². The van der Waals surface area contributed by atoms with E-state index in [0.29, 0.717) is 21.5 Å². The van der Waals surface area contributed by atoms with Crippen molar-refractivity contribution in [2.24, 2.45) is 5.10 Å². The van der Waals surface area contributed by atoms with Crippen molar-refractivity contribution < 1.29 is 14.3 Å². The Bertz CT molecular complexity index is 1290. The number of halogens is 1. The van der Waals surface area contributed by atoms with Crippen LogP contribution in [0.5, 0.6) is 11.5 Å². The molecule has 0 aliphatic carbocycles. The van der Waals surface area contributed by atoms with Gasteiger partial charge in [-0.2, -0.15) is 5.01 Å². The summed E-state index contributed by atoms with van der Waals surface area (Å²) in [6.45, 7) is 1.46. The summed E-state index contributed by atoms with van der Waals surface area (Å²) in [7, 11) is 0. The fourth-order valence-corrected chi connectivity index (χ4v) is 4.77. The minimum absolute atomic E-state index is 0.209. The first kappa shape index (κ1) is 19.6. The smallest absolute Gasteiger partial charge is 0.252 e. The predicted octanol–water partition coefficient (Wildman–Crippen LogP) is 6.59. The summed E-state index contributed by atoms with van der Waals surface area (Å²) >= 11 is 8.19. The summed E-state index contributed by atoms with van der Waals surface area (Å²) in [6, 6.07) is 24.8. The summed E-state index contributed by atoms with van der Waals surface area (Å²) in [5.41, 5.74) is 0.840. The Morgan fingerprint density at radius 3 is 2.45 bits per heavy atom. The molecule has 31 heavy (non-hydrogen) atoms. The third-order valence-electron chi connectivity index (χ3n) is 4.82. The van der Waals surface area contributed by atoms with Crippen molar-refractivity contribution in [1.82, 2.24) is 5.01 Å². The number of hydrazone groups is 1. The minimum Gasteiger partial charge on any atom is -0.457 e. The van der Waals surface area contributed by atoms with Crippen molar-refractivity contribution in [1.29, 1.82) is 0 Å². The number of fused-ring (bicyclic) bond motifs is 1. The quantitative estimate of drug-likeness (QED) is 0.354. The van der Waals surface area contributed by atoms with E-state index in [1.165, 1.54) is 23.3 Å². The molecule has 0 N–H and O–H groups in total. The Labute approximate surface area is 188 Å². The second-order valence-electron chi connectivity index (χ2n) is 6.97. The third kappa shape index (κ3) is 3.76. The van der Waals surface area contributed by atoms with Gasteiger partial charge in [0, 0.05) is 22.6 Å². The van der Waals surface area contributed by atoms with Gasteiger partial charge in [0.2, 0.25) is 12.1 Å². The Hall–Kier alpha value is -3.35. The van der Waals surface area contributed by atoms with Crippen molar-refractivity contribution in [3.8, 4) is 11.5 Å². The molecular weight excluding hydrogens is 432 g/mol. The highest BCUT2D eigenvalue weighted by atomic mass is 35.5. The molecule has 1 unspecified atom stereocenters. The van der Waals surface area contributed by atoms with Crippen LogP contribution in [0, 0.1) is 0 Å². The molecule has 5 nitrogen and oxygen atoms in total. The zero-order chi connectivity index (χ0) is 21.4. The van der Waals surface area contributed by atoms with E-state index in [2.05, 4.69) is 5.10 Å². The van der Waals surface area contributed by atoms with Gasteiger partial charge in [-0.25, -0.2) is 0 Å². The Morgan fingerprint density at radius 2 is 1.74 bits per heavy atom. The van der Waals surface area contributed by atoms with Gasteiger partial charge in [-0.3, -0.25) is 4.79 Å². The van der Waals surface area contributed by atoms with Crippen LogP contribution in [0.4, 0.5) is 0 Å². The second-order valence-corrected chi connectivity index (χ2v) is 8.40. The van der Waals surface area contributed by atoms with Gasteiger partial charge >= 0.3 is 0 Å². The number of hydrogen-bond acceptors (Lipinski definition) is 5. The van der Waals surface area contributed by atoms with Gasteiger partial charge in [-0.05, 0) is 30.3 Å². The Morgan fingerprint density at radius 1 is 1.03 bits per heavy atom. The van der Waals surface area contributed by atoms with E-state index in [1.54, 1.807) is 0 Å². The van der Waals surface area contributed by atoms with Gasteiger partial charge in [-0.1, -0.05) is 60.1 Å². The normalized spacial score (nSPS) is 15.6. The van der Waals surface area contributed by atoms with Crippen LogP contribution in [0.2, 0.25) is 5.02 Å². The highest BCUT2D eigenvalue weighted by Crippen LogP contribution is 2.41. The molecule has 0 radical (unpaired) electrons. The van der Waals surface area contributed by atoms with Crippen LogP contribution in [0.25, 0.3) is 10.1 Å². The monoisotopic (exact) mass is 448 g/mol. The zero-order valence-corrected chi connectivity index (χ0v) is 18.1. The summed E-state index contributed by atoms with van der Waals surface area (Å²) in [5.74, 6) is 1.56. The van der Waals surface area contributed by atoms with E-state index in [9.17, 15) is 4.79 Å². The molecule has 1 aliphatic heterocycles. The van der Waals surface area contributed by atoms with Gasteiger partial charge < -0.3 is 9.47 Å². The van der Waals surface area contributed by atoms with Crippen LogP contribution in [0.15, 0.2) is 84.0 Å². The van der Waals surface area contributed by atoms with Gasteiger partial charge in [0.15, 0.2) is 0 Å². The summed E-state index contributed by atoms with van der Waals surface area (Å²) in [4.78, 5) is 12.9.